The van der Waals surface area contributed by atoms with E-state index >= 15 is 0 Å². The van der Waals surface area contributed by atoms with Gasteiger partial charge in [0.1, 0.15) is 5.82 Å². The number of hydrazine groups is 1. The molecule has 7 heteroatoms. The molecule has 14 heavy (non-hydrogen) atoms. The largest absolute Gasteiger partial charge is 0.329 e. The fraction of sp³-hybridized carbons (Fsp3) is 0. The van der Waals surface area contributed by atoms with E-state index in [-0.39, 0.29) is 10.8 Å². The van der Waals surface area contributed by atoms with E-state index in [1.165, 1.54) is 0 Å². The molecule has 0 spiro atoms. The number of hydrogen-bond donors (Lipinski definition) is 3. The summed E-state index contributed by atoms with van der Waals surface area (Å²) >= 11 is 4.54. The molecule has 0 aromatic heterocycles. The minimum absolute atomic E-state index is 0.102. The molecule has 1 rings (SSSR count). The molecule has 0 saturated heterocycles. The quantitative estimate of drug-likeness (QED) is 0.289. The third-order valence-electron chi connectivity index (χ3n) is 1.39. The standard InChI is InChI=1S/C7H6F3N3S/c8-3-1-5(10)6(2-4(3)9)12-7(14)13-11/h1-2H,11H2,(H2,12,13,14). The van der Waals surface area contributed by atoms with Crippen molar-refractivity contribution in [1.82, 2.24) is 5.43 Å². The first-order valence-corrected chi connectivity index (χ1v) is 3.87. The number of hydrogen-bond acceptors (Lipinski definition) is 2. The van der Waals surface area contributed by atoms with Crippen LogP contribution in [0, 0.1) is 17.5 Å². The second-order valence-electron chi connectivity index (χ2n) is 2.34. The summed E-state index contributed by atoms with van der Waals surface area (Å²) in [4.78, 5) is 0. The first kappa shape index (κ1) is 10.7. The molecule has 0 aliphatic carbocycles. The first-order valence-electron chi connectivity index (χ1n) is 3.46. The Morgan fingerprint density at radius 1 is 1.14 bits per heavy atom. The molecule has 1 aromatic carbocycles. The minimum atomic E-state index is -1.26. The van der Waals surface area contributed by atoms with E-state index in [9.17, 15) is 13.2 Å². The van der Waals surface area contributed by atoms with E-state index < -0.39 is 17.5 Å². The van der Waals surface area contributed by atoms with Crippen LogP contribution in [0.25, 0.3) is 0 Å². The second kappa shape index (κ2) is 4.25. The molecule has 0 aliphatic rings. The lowest BCUT2D eigenvalue weighted by atomic mass is 10.3. The molecule has 4 N–H and O–H groups in total. The average molecular weight is 221 g/mol. The van der Waals surface area contributed by atoms with Gasteiger partial charge in [-0.3, -0.25) is 0 Å². The number of halogens is 3. The summed E-state index contributed by atoms with van der Waals surface area (Å²) in [5, 5.41) is 2.14. The van der Waals surface area contributed by atoms with Crippen LogP contribution >= 0.6 is 12.2 Å². The van der Waals surface area contributed by atoms with Gasteiger partial charge in [0.15, 0.2) is 16.7 Å². The van der Waals surface area contributed by atoms with Gasteiger partial charge in [0.2, 0.25) is 0 Å². The Kier molecular flexibility index (Phi) is 3.26. The van der Waals surface area contributed by atoms with Gasteiger partial charge in [0.05, 0.1) is 5.69 Å². The monoisotopic (exact) mass is 221 g/mol. The number of anilines is 1. The topological polar surface area (TPSA) is 50.1 Å². The predicted molar refractivity (Wildman–Crippen MR) is 49.9 cm³/mol. The molecule has 3 nitrogen and oxygen atoms in total. The lowest BCUT2D eigenvalue weighted by Crippen LogP contribution is -2.34. The third kappa shape index (κ3) is 2.33. The molecule has 0 radical (unpaired) electrons. The fourth-order valence-electron chi connectivity index (χ4n) is 0.777. The number of benzene rings is 1. The van der Waals surface area contributed by atoms with Gasteiger partial charge in [-0.05, 0) is 12.2 Å². The highest BCUT2D eigenvalue weighted by Gasteiger charge is 2.10. The smallest absolute Gasteiger partial charge is 0.185 e. The van der Waals surface area contributed by atoms with Crippen LogP contribution in [0.15, 0.2) is 12.1 Å². The van der Waals surface area contributed by atoms with E-state index in [0.717, 1.165) is 0 Å². The normalized spacial score (nSPS) is 9.71. The van der Waals surface area contributed by atoms with Crippen molar-refractivity contribution >= 4 is 23.0 Å². The molecule has 1 aromatic rings. The van der Waals surface area contributed by atoms with Gasteiger partial charge < -0.3 is 10.7 Å². The van der Waals surface area contributed by atoms with Crippen LogP contribution in [0.2, 0.25) is 0 Å². The number of thiocarbonyl (C=S) groups is 1. The molecule has 0 amide bonds. The summed E-state index contributed by atoms with van der Waals surface area (Å²) in [6.07, 6.45) is 0. The van der Waals surface area contributed by atoms with Crippen LogP contribution in [0.1, 0.15) is 0 Å². The number of nitrogens with one attached hydrogen (secondary N) is 2. The predicted octanol–water partition coefficient (Wildman–Crippen LogP) is 1.26. The van der Waals surface area contributed by atoms with Crippen LogP contribution in [-0.2, 0) is 0 Å². The van der Waals surface area contributed by atoms with Crippen molar-refractivity contribution in [1.29, 1.82) is 0 Å². The summed E-state index contributed by atoms with van der Waals surface area (Å²) in [5.74, 6) is 1.50. The Bertz CT molecular complexity index is 369. The van der Waals surface area contributed by atoms with Crippen LogP contribution in [0.3, 0.4) is 0 Å². The first-order chi connectivity index (χ1) is 6.54. The Morgan fingerprint density at radius 2 is 1.71 bits per heavy atom. The van der Waals surface area contributed by atoms with Gasteiger partial charge in [-0.1, -0.05) is 0 Å². The molecule has 0 bridgehead atoms. The zero-order valence-corrected chi connectivity index (χ0v) is 7.59. The van der Waals surface area contributed by atoms with E-state index in [0.29, 0.717) is 12.1 Å². The Balaban J connectivity index is 2.98. The highest BCUT2D eigenvalue weighted by atomic mass is 32.1. The maximum atomic E-state index is 12.9. The summed E-state index contributed by atoms with van der Waals surface area (Å²) < 4.78 is 38.0. The summed E-state index contributed by atoms with van der Waals surface area (Å²) in [5.41, 5.74) is 1.73. The molecule has 0 heterocycles. The third-order valence-corrected chi connectivity index (χ3v) is 1.61. The molecule has 0 unspecified atom stereocenters. The average Bonchev–Trinajstić information content (AvgIpc) is 2.14. The molecular formula is C7H6F3N3S. The van der Waals surface area contributed by atoms with Crippen LogP contribution in [0.4, 0.5) is 18.9 Å². The summed E-state index contributed by atoms with van der Waals surface area (Å²) in [7, 11) is 0. The van der Waals surface area contributed by atoms with Crippen molar-refractivity contribution in [3.8, 4) is 0 Å². The fourth-order valence-corrected chi connectivity index (χ4v) is 0.887. The van der Waals surface area contributed by atoms with Gasteiger partial charge in [-0.15, -0.1) is 0 Å². The van der Waals surface area contributed by atoms with E-state index in [4.69, 9.17) is 5.84 Å². The van der Waals surface area contributed by atoms with Gasteiger partial charge >= 0.3 is 0 Å². The Labute approximate surface area is 83.1 Å². The zero-order valence-electron chi connectivity index (χ0n) is 6.77. The molecule has 76 valence electrons. The maximum Gasteiger partial charge on any atom is 0.185 e. The van der Waals surface area contributed by atoms with Crippen molar-refractivity contribution in [2.24, 2.45) is 5.84 Å². The highest BCUT2D eigenvalue weighted by molar-refractivity contribution is 7.80. The Morgan fingerprint density at radius 3 is 2.29 bits per heavy atom. The van der Waals surface area contributed by atoms with Crippen LogP contribution < -0.4 is 16.6 Å². The SMILES string of the molecule is NNC(=S)Nc1cc(F)c(F)cc1F. The lowest BCUT2D eigenvalue weighted by Gasteiger charge is -2.07. The van der Waals surface area contributed by atoms with Crippen molar-refractivity contribution in [2.75, 3.05) is 5.32 Å². The van der Waals surface area contributed by atoms with Gasteiger partial charge in [-0.2, -0.15) is 0 Å². The summed E-state index contributed by atoms with van der Waals surface area (Å²) in [6.45, 7) is 0. The van der Waals surface area contributed by atoms with Crippen LogP contribution in [-0.4, -0.2) is 5.11 Å². The zero-order chi connectivity index (χ0) is 10.7. The van der Waals surface area contributed by atoms with Crippen molar-refractivity contribution in [3.63, 3.8) is 0 Å². The van der Waals surface area contributed by atoms with E-state index in [1.54, 1.807) is 0 Å². The van der Waals surface area contributed by atoms with Gasteiger partial charge in [0, 0.05) is 12.1 Å². The summed E-state index contributed by atoms with van der Waals surface area (Å²) in [6, 6.07) is 1.06. The lowest BCUT2D eigenvalue weighted by molar-refractivity contribution is 0.496. The molecule has 0 aliphatic heterocycles. The van der Waals surface area contributed by atoms with Gasteiger partial charge in [0.25, 0.3) is 0 Å². The maximum absolute atomic E-state index is 12.9. The highest BCUT2D eigenvalue weighted by Crippen LogP contribution is 2.17. The van der Waals surface area contributed by atoms with E-state index in [2.05, 4.69) is 17.5 Å². The Hall–Kier alpha value is -1.34. The van der Waals surface area contributed by atoms with Gasteiger partial charge in [-0.25, -0.2) is 19.0 Å². The number of nitrogens with two attached hydrogens (primary N) is 1. The van der Waals surface area contributed by atoms with Crippen molar-refractivity contribution < 1.29 is 13.2 Å². The molecule has 0 atom stereocenters. The molecule has 0 saturated carbocycles. The minimum Gasteiger partial charge on any atom is -0.329 e. The van der Waals surface area contributed by atoms with Crippen molar-refractivity contribution in [2.45, 2.75) is 0 Å². The van der Waals surface area contributed by atoms with Crippen LogP contribution in [0.5, 0.6) is 0 Å². The van der Waals surface area contributed by atoms with Crippen molar-refractivity contribution in [3.05, 3.63) is 29.6 Å². The molecule has 0 fully saturated rings. The molecular weight excluding hydrogens is 215 g/mol. The number of rotatable bonds is 1. The van der Waals surface area contributed by atoms with E-state index in [1.807, 2.05) is 5.43 Å². The second-order valence-corrected chi connectivity index (χ2v) is 2.75.